The van der Waals surface area contributed by atoms with Gasteiger partial charge in [-0.3, -0.25) is 0 Å². The van der Waals surface area contributed by atoms with Gasteiger partial charge in [-0.1, -0.05) is 0 Å². The Bertz CT molecular complexity index is 274. The van der Waals surface area contributed by atoms with Crippen LogP contribution in [0.15, 0.2) is 6.20 Å². The summed E-state index contributed by atoms with van der Waals surface area (Å²) in [7, 11) is 3.70. The van der Waals surface area contributed by atoms with Gasteiger partial charge in [-0.05, 0) is 33.7 Å². The van der Waals surface area contributed by atoms with E-state index >= 15 is 0 Å². The lowest BCUT2D eigenvalue weighted by Crippen LogP contribution is -2.26. The fourth-order valence-corrected chi connectivity index (χ4v) is 1.83. The highest BCUT2D eigenvalue weighted by molar-refractivity contribution is 6.99. The van der Waals surface area contributed by atoms with Crippen LogP contribution in [-0.4, -0.2) is 28.5 Å². The van der Waals surface area contributed by atoms with E-state index in [1.807, 2.05) is 13.2 Å². The molecule has 1 aromatic rings. The first-order valence-electron chi connectivity index (χ1n) is 5.09. The van der Waals surface area contributed by atoms with E-state index in [1.54, 1.807) is 7.11 Å². The van der Waals surface area contributed by atoms with Crippen molar-refractivity contribution in [1.29, 1.82) is 0 Å². The Balaban J connectivity index is 2.49. The highest BCUT2D eigenvalue weighted by Crippen LogP contribution is 2.23. The Morgan fingerprint density at radius 3 is 2.80 bits per heavy atom. The van der Waals surface area contributed by atoms with Crippen LogP contribution in [0.4, 0.5) is 0 Å². The van der Waals surface area contributed by atoms with Gasteiger partial charge in [0.05, 0.1) is 35.3 Å². The summed E-state index contributed by atoms with van der Waals surface area (Å²) < 4.78 is 13.6. The molecule has 0 radical (unpaired) electrons. The van der Waals surface area contributed by atoms with Crippen LogP contribution in [-0.2, 0) is 4.74 Å². The Morgan fingerprint density at radius 2 is 2.33 bits per heavy atom. The summed E-state index contributed by atoms with van der Waals surface area (Å²) in [6, 6.07) is 0.276. The number of rotatable bonds is 6. The molecule has 0 saturated heterocycles. The van der Waals surface area contributed by atoms with Crippen LogP contribution in [0.25, 0.3) is 0 Å². The average molecular weight is 229 g/mol. The first-order chi connectivity index (χ1) is 7.09. The molecule has 0 fully saturated rings. The third-order valence-corrected chi connectivity index (χ3v) is 3.16. The van der Waals surface area contributed by atoms with E-state index in [4.69, 9.17) is 4.74 Å². The van der Waals surface area contributed by atoms with E-state index in [9.17, 15) is 0 Å². The fraction of sp³-hybridized carbons (Fsp3) is 0.800. The number of nitrogens with one attached hydrogen (secondary N) is 1. The Morgan fingerprint density at radius 1 is 1.60 bits per heavy atom. The maximum absolute atomic E-state index is 5.39. The monoisotopic (exact) mass is 229 g/mol. The minimum Gasteiger partial charge on any atom is -0.379 e. The van der Waals surface area contributed by atoms with Crippen molar-refractivity contribution in [3.05, 3.63) is 11.9 Å². The topological polar surface area (TPSA) is 47.0 Å². The number of hydrogen-bond acceptors (Lipinski definition) is 5. The highest BCUT2D eigenvalue weighted by Gasteiger charge is 2.20. The van der Waals surface area contributed by atoms with Gasteiger partial charge in [0, 0.05) is 7.11 Å². The second-order valence-corrected chi connectivity index (χ2v) is 4.73. The summed E-state index contributed by atoms with van der Waals surface area (Å²) in [6.45, 7) is 4.19. The van der Waals surface area contributed by atoms with E-state index in [-0.39, 0.29) is 11.6 Å². The van der Waals surface area contributed by atoms with Crippen molar-refractivity contribution in [2.24, 2.45) is 0 Å². The zero-order valence-electron chi connectivity index (χ0n) is 9.78. The maximum atomic E-state index is 5.39. The molecule has 0 spiro atoms. The number of ether oxygens (including phenoxy) is 1. The molecule has 1 unspecified atom stereocenters. The van der Waals surface area contributed by atoms with Gasteiger partial charge in [-0.15, -0.1) is 0 Å². The van der Waals surface area contributed by atoms with E-state index < -0.39 is 0 Å². The number of methoxy groups -OCH3 is 1. The Labute approximate surface area is 95.4 Å². The van der Waals surface area contributed by atoms with Crippen LogP contribution in [0.2, 0.25) is 0 Å². The van der Waals surface area contributed by atoms with Crippen molar-refractivity contribution in [2.45, 2.75) is 38.3 Å². The molecule has 15 heavy (non-hydrogen) atoms. The van der Waals surface area contributed by atoms with Crippen molar-refractivity contribution >= 4 is 11.7 Å². The predicted molar refractivity (Wildman–Crippen MR) is 62.0 cm³/mol. The molecule has 0 amide bonds. The molecule has 0 aliphatic carbocycles. The molecule has 1 heterocycles. The van der Waals surface area contributed by atoms with E-state index in [2.05, 4.69) is 27.9 Å². The SMILES string of the molecule is CNC(CCC(C)(C)OC)c1cnsn1. The van der Waals surface area contributed by atoms with Gasteiger partial charge in [0.25, 0.3) is 0 Å². The van der Waals surface area contributed by atoms with E-state index in [1.165, 1.54) is 11.7 Å². The first-order valence-corrected chi connectivity index (χ1v) is 5.82. The maximum Gasteiger partial charge on any atom is 0.0912 e. The van der Waals surface area contributed by atoms with E-state index in [0.717, 1.165) is 18.5 Å². The molecular formula is C10H19N3OS. The second kappa shape index (κ2) is 5.53. The molecule has 0 saturated carbocycles. The van der Waals surface area contributed by atoms with Gasteiger partial charge >= 0.3 is 0 Å². The first kappa shape index (κ1) is 12.5. The van der Waals surface area contributed by atoms with Crippen molar-refractivity contribution in [3.63, 3.8) is 0 Å². The third-order valence-electron chi connectivity index (χ3n) is 2.67. The summed E-state index contributed by atoms with van der Waals surface area (Å²) in [4.78, 5) is 0. The second-order valence-electron chi connectivity index (χ2n) is 4.18. The molecule has 4 nitrogen and oxygen atoms in total. The molecule has 1 rings (SSSR count). The van der Waals surface area contributed by atoms with Crippen LogP contribution in [0.1, 0.15) is 38.4 Å². The summed E-state index contributed by atoms with van der Waals surface area (Å²) in [5.41, 5.74) is 0.952. The zero-order valence-corrected chi connectivity index (χ0v) is 10.6. The van der Waals surface area contributed by atoms with Crippen LogP contribution in [0, 0.1) is 0 Å². The van der Waals surface area contributed by atoms with E-state index in [0.29, 0.717) is 0 Å². The van der Waals surface area contributed by atoms with Gasteiger partial charge in [-0.2, -0.15) is 8.75 Å². The summed E-state index contributed by atoms with van der Waals surface area (Å²) in [5.74, 6) is 0. The normalized spacial score (nSPS) is 14.1. The molecule has 0 aromatic carbocycles. The minimum absolute atomic E-state index is 0.0709. The average Bonchev–Trinajstić information content (AvgIpc) is 2.72. The van der Waals surface area contributed by atoms with Crippen molar-refractivity contribution < 1.29 is 4.74 Å². The summed E-state index contributed by atoms with van der Waals surface area (Å²) >= 11 is 1.25. The lowest BCUT2D eigenvalue weighted by atomic mass is 9.98. The summed E-state index contributed by atoms with van der Waals surface area (Å²) in [5, 5.41) is 3.25. The van der Waals surface area contributed by atoms with Crippen molar-refractivity contribution in [2.75, 3.05) is 14.2 Å². The van der Waals surface area contributed by atoms with Crippen molar-refractivity contribution in [1.82, 2.24) is 14.1 Å². The summed E-state index contributed by atoms with van der Waals surface area (Å²) in [6.07, 6.45) is 3.82. The van der Waals surface area contributed by atoms with Crippen LogP contribution < -0.4 is 5.32 Å². The molecule has 1 atom stereocenters. The lowest BCUT2D eigenvalue weighted by molar-refractivity contribution is 0.0118. The largest absolute Gasteiger partial charge is 0.379 e. The Kier molecular flexibility index (Phi) is 4.63. The van der Waals surface area contributed by atoms with Crippen LogP contribution in [0.5, 0.6) is 0 Å². The lowest BCUT2D eigenvalue weighted by Gasteiger charge is -2.25. The molecular weight excluding hydrogens is 210 g/mol. The van der Waals surface area contributed by atoms with Gasteiger partial charge in [0.2, 0.25) is 0 Å². The highest BCUT2D eigenvalue weighted by atomic mass is 32.1. The molecule has 5 heteroatoms. The number of hydrogen-bond donors (Lipinski definition) is 1. The smallest absolute Gasteiger partial charge is 0.0912 e. The number of nitrogens with zero attached hydrogens (tertiary/aromatic N) is 2. The molecule has 0 aliphatic heterocycles. The van der Waals surface area contributed by atoms with Crippen LogP contribution in [0.3, 0.4) is 0 Å². The van der Waals surface area contributed by atoms with Gasteiger partial charge in [0.15, 0.2) is 0 Å². The van der Waals surface area contributed by atoms with Gasteiger partial charge in [-0.25, -0.2) is 0 Å². The number of aromatic nitrogens is 2. The molecule has 86 valence electrons. The zero-order chi connectivity index (χ0) is 11.3. The fourth-order valence-electron chi connectivity index (χ4n) is 1.36. The Hall–Kier alpha value is -0.520. The quantitative estimate of drug-likeness (QED) is 0.810. The third kappa shape index (κ3) is 3.85. The molecule has 0 bridgehead atoms. The molecule has 0 aliphatic rings. The van der Waals surface area contributed by atoms with Crippen LogP contribution >= 0.6 is 11.7 Å². The van der Waals surface area contributed by atoms with Crippen molar-refractivity contribution in [3.8, 4) is 0 Å². The van der Waals surface area contributed by atoms with Gasteiger partial charge < -0.3 is 10.1 Å². The molecule has 1 N–H and O–H groups in total. The standard InChI is InChI=1S/C10H19N3OS/c1-10(2,14-4)6-5-8(11-3)9-7-12-15-13-9/h7-8,11H,5-6H2,1-4H3. The molecule has 1 aromatic heterocycles. The minimum atomic E-state index is -0.0709. The van der Waals surface area contributed by atoms with Gasteiger partial charge in [0.1, 0.15) is 0 Å². The predicted octanol–water partition coefficient (Wildman–Crippen LogP) is 2.00.